The van der Waals surface area contributed by atoms with E-state index >= 15 is 0 Å². The summed E-state index contributed by atoms with van der Waals surface area (Å²) in [6.45, 7) is 1.62. The molecule has 1 N–H and O–H groups in total. The lowest BCUT2D eigenvalue weighted by Gasteiger charge is -2.26. The van der Waals surface area contributed by atoms with Crippen molar-refractivity contribution in [3.63, 3.8) is 0 Å². The predicted octanol–water partition coefficient (Wildman–Crippen LogP) is 4.73. The van der Waals surface area contributed by atoms with Gasteiger partial charge in [0.2, 0.25) is 0 Å². The molecule has 0 spiro atoms. The van der Waals surface area contributed by atoms with Crippen LogP contribution in [0.5, 0.6) is 5.75 Å². The number of hydrogen-bond acceptors (Lipinski definition) is 3. The lowest BCUT2D eigenvalue weighted by atomic mass is 10.0. The zero-order valence-electron chi connectivity index (χ0n) is 14.8. The monoisotopic (exact) mass is 374 g/mol. The van der Waals surface area contributed by atoms with Gasteiger partial charge in [0.25, 0.3) is 0 Å². The molecule has 1 fully saturated rings. The highest BCUT2D eigenvalue weighted by molar-refractivity contribution is 6.31. The number of ether oxygens (including phenoxy) is 2. The van der Waals surface area contributed by atoms with Crippen LogP contribution in [0.4, 0.5) is 10.5 Å². The molecule has 6 heteroatoms. The Bertz CT molecular complexity index is 753. The number of urea groups is 1. The maximum Gasteiger partial charge on any atom is 0.322 e. The Labute approximate surface area is 158 Å². The SMILES string of the molecule is COCCOc1ccccc1NC(=O)N1CCCC1c1ccccc1Cl. The molecule has 138 valence electrons. The predicted molar refractivity (Wildman–Crippen MR) is 103 cm³/mol. The molecule has 3 rings (SSSR count). The van der Waals surface area contributed by atoms with Gasteiger partial charge in [0.05, 0.1) is 18.3 Å². The first-order valence-electron chi connectivity index (χ1n) is 8.73. The molecule has 2 aromatic rings. The Kier molecular flexibility index (Phi) is 6.36. The van der Waals surface area contributed by atoms with Gasteiger partial charge in [0.1, 0.15) is 12.4 Å². The van der Waals surface area contributed by atoms with Crippen LogP contribution in [0, 0.1) is 0 Å². The summed E-state index contributed by atoms with van der Waals surface area (Å²) in [4.78, 5) is 14.7. The summed E-state index contributed by atoms with van der Waals surface area (Å²) < 4.78 is 10.7. The number of nitrogens with zero attached hydrogens (tertiary/aromatic N) is 1. The van der Waals surface area contributed by atoms with Gasteiger partial charge in [-0.3, -0.25) is 0 Å². The van der Waals surface area contributed by atoms with E-state index in [-0.39, 0.29) is 12.1 Å². The van der Waals surface area contributed by atoms with Crippen molar-refractivity contribution in [3.05, 3.63) is 59.1 Å². The van der Waals surface area contributed by atoms with Gasteiger partial charge in [0, 0.05) is 18.7 Å². The van der Waals surface area contributed by atoms with Crippen LogP contribution in [0.3, 0.4) is 0 Å². The van der Waals surface area contributed by atoms with E-state index in [1.807, 2.05) is 53.4 Å². The summed E-state index contributed by atoms with van der Waals surface area (Å²) in [6, 6.07) is 15.0. The topological polar surface area (TPSA) is 50.8 Å². The van der Waals surface area contributed by atoms with Gasteiger partial charge in [-0.15, -0.1) is 0 Å². The largest absolute Gasteiger partial charge is 0.489 e. The van der Waals surface area contributed by atoms with Crippen LogP contribution >= 0.6 is 11.6 Å². The van der Waals surface area contributed by atoms with Crippen LogP contribution in [-0.2, 0) is 4.74 Å². The summed E-state index contributed by atoms with van der Waals surface area (Å²) >= 11 is 6.34. The number of rotatable bonds is 6. The highest BCUT2D eigenvalue weighted by atomic mass is 35.5. The van der Waals surface area contributed by atoms with E-state index < -0.39 is 0 Å². The molecule has 1 saturated heterocycles. The average Bonchev–Trinajstić information content (AvgIpc) is 3.13. The van der Waals surface area contributed by atoms with Gasteiger partial charge < -0.3 is 19.7 Å². The number of likely N-dealkylation sites (tertiary alicyclic amines) is 1. The van der Waals surface area contributed by atoms with Crippen LogP contribution in [0.25, 0.3) is 0 Å². The van der Waals surface area contributed by atoms with Crippen LogP contribution in [0.2, 0.25) is 5.02 Å². The number of benzene rings is 2. The molecular weight excluding hydrogens is 352 g/mol. The molecule has 0 aliphatic carbocycles. The second-order valence-electron chi connectivity index (χ2n) is 6.14. The van der Waals surface area contributed by atoms with Crippen molar-refractivity contribution in [2.45, 2.75) is 18.9 Å². The molecule has 0 bridgehead atoms. The number of halogens is 1. The molecular formula is C20H23ClN2O3. The molecule has 1 aliphatic heterocycles. The fourth-order valence-corrected chi connectivity index (χ4v) is 3.46. The number of carbonyl (C=O) groups excluding carboxylic acids is 1. The number of anilines is 1. The number of hydrogen-bond donors (Lipinski definition) is 1. The zero-order chi connectivity index (χ0) is 18.4. The van der Waals surface area contributed by atoms with E-state index in [0.29, 0.717) is 36.2 Å². The van der Waals surface area contributed by atoms with Crippen molar-refractivity contribution in [1.82, 2.24) is 4.90 Å². The first-order chi connectivity index (χ1) is 12.7. The Morgan fingerprint density at radius 3 is 2.77 bits per heavy atom. The maximum atomic E-state index is 12.9. The van der Waals surface area contributed by atoms with Gasteiger partial charge in [-0.1, -0.05) is 41.9 Å². The van der Waals surface area contributed by atoms with E-state index in [0.717, 1.165) is 18.4 Å². The quantitative estimate of drug-likeness (QED) is 0.743. The highest BCUT2D eigenvalue weighted by Gasteiger charge is 2.31. The summed E-state index contributed by atoms with van der Waals surface area (Å²) in [5.74, 6) is 0.631. The van der Waals surface area contributed by atoms with Gasteiger partial charge >= 0.3 is 6.03 Å². The molecule has 1 heterocycles. The van der Waals surface area contributed by atoms with Crippen molar-refractivity contribution in [2.75, 3.05) is 32.2 Å². The van der Waals surface area contributed by atoms with E-state index in [1.54, 1.807) is 7.11 Å². The van der Waals surface area contributed by atoms with Crippen molar-refractivity contribution >= 4 is 23.3 Å². The first-order valence-corrected chi connectivity index (χ1v) is 9.11. The molecule has 2 aromatic carbocycles. The van der Waals surface area contributed by atoms with Crippen LogP contribution in [0.1, 0.15) is 24.4 Å². The van der Waals surface area contributed by atoms with Crippen LogP contribution < -0.4 is 10.1 Å². The van der Waals surface area contributed by atoms with E-state index in [2.05, 4.69) is 5.32 Å². The van der Waals surface area contributed by atoms with Gasteiger partial charge in [-0.2, -0.15) is 0 Å². The Hall–Kier alpha value is -2.24. The van der Waals surface area contributed by atoms with Gasteiger partial charge in [-0.05, 0) is 36.6 Å². The minimum atomic E-state index is -0.143. The fraction of sp³-hybridized carbons (Fsp3) is 0.350. The second-order valence-corrected chi connectivity index (χ2v) is 6.55. The molecule has 1 unspecified atom stereocenters. The third-order valence-electron chi connectivity index (χ3n) is 4.45. The second kappa shape index (κ2) is 8.92. The van der Waals surface area contributed by atoms with E-state index in [1.165, 1.54) is 0 Å². The fourth-order valence-electron chi connectivity index (χ4n) is 3.20. The van der Waals surface area contributed by atoms with Crippen molar-refractivity contribution in [1.29, 1.82) is 0 Å². The van der Waals surface area contributed by atoms with Crippen LogP contribution in [-0.4, -0.2) is 37.8 Å². The molecule has 0 aromatic heterocycles. The zero-order valence-corrected chi connectivity index (χ0v) is 15.5. The third kappa shape index (κ3) is 4.29. The number of para-hydroxylation sites is 2. The van der Waals surface area contributed by atoms with Crippen molar-refractivity contribution in [2.24, 2.45) is 0 Å². The minimum absolute atomic E-state index is 0.00901. The average molecular weight is 375 g/mol. The number of nitrogens with one attached hydrogen (secondary N) is 1. The molecule has 1 aliphatic rings. The summed E-state index contributed by atoms with van der Waals surface area (Å²) in [6.07, 6.45) is 1.86. The molecule has 0 radical (unpaired) electrons. The number of methoxy groups -OCH3 is 1. The third-order valence-corrected chi connectivity index (χ3v) is 4.80. The smallest absolute Gasteiger partial charge is 0.322 e. The van der Waals surface area contributed by atoms with Crippen molar-refractivity contribution in [3.8, 4) is 5.75 Å². The van der Waals surface area contributed by atoms with E-state index in [4.69, 9.17) is 21.1 Å². The standard InChI is InChI=1S/C20H23ClN2O3/c1-25-13-14-26-19-11-5-4-9-17(19)22-20(24)23-12-6-10-18(23)15-7-2-3-8-16(15)21/h2-5,7-9,11,18H,6,10,12-14H2,1H3,(H,22,24). The normalized spacial score (nSPS) is 16.5. The molecule has 0 saturated carbocycles. The van der Waals surface area contributed by atoms with Crippen LogP contribution in [0.15, 0.2) is 48.5 Å². The first kappa shape index (κ1) is 18.5. The Morgan fingerprint density at radius 1 is 1.19 bits per heavy atom. The summed E-state index contributed by atoms with van der Waals surface area (Å²) in [5.41, 5.74) is 1.64. The Morgan fingerprint density at radius 2 is 1.96 bits per heavy atom. The lowest BCUT2D eigenvalue weighted by Crippen LogP contribution is -2.34. The number of amides is 2. The molecule has 5 nitrogen and oxygen atoms in total. The summed E-state index contributed by atoms with van der Waals surface area (Å²) in [7, 11) is 1.62. The highest BCUT2D eigenvalue weighted by Crippen LogP contribution is 2.36. The molecule has 26 heavy (non-hydrogen) atoms. The maximum absolute atomic E-state index is 12.9. The minimum Gasteiger partial charge on any atom is -0.489 e. The van der Waals surface area contributed by atoms with E-state index in [9.17, 15) is 4.79 Å². The van der Waals surface area contributed by atoms with Crippen molar-refractivity contribution < 1.29 is 14.3 Å². The lowest BCUT2D eigenvalue weighted by molar-refractivity contribution is 0.146. The Balaban J connectivity index is 1.73. The molecule has 2 amide bonds. The number of carbonyl (C=O) groups is 1. The summed E-state index contributed by atoms with van der Waals surface area (Å²) in [5, 5.41) is 3.67. The van der Waals surface area contributed by atoms with Gasteiger partial charge in [0.15, 0.2) is 0 Å². The van der Waals surface area contributed by atoms with Gasteiger partial charge in [-0.25, -0.2) is 4.79 Å². The molecule has 1 atom stereocenters.